The van der Waals surface area contributed by atoms with E-state index in [1.54, 1.807) is 11.8 Å². The molecular weight excluding hydrogens is 186 g/mol. The van der Waals surface area contributed by atoms with E-state index in [4.69, 9.17) is 0 Å². The molecule has 0 bridgehead atoms. The minimum absolute atomic E-state index is 0. The Bertz CT molecular complexity index is 108. The second kappa shape index (κ2) is 6.62. The Balaban J connectivity index is 0. The maximum atomic E-state index is 11.9. The first-order valence-corrected chi connectivity index (χ1v) is 4.68. The normalized spacial score (nSPS) is 27.0. The molecule has 12 heavy (non-hydrogen) atoms. The van der Waals surface area contributed by atoms with Gasteiger partial charge in [0, 0.05) is 11.2 Å². The van der Waals surface area contributed by atoms with Crippen LogP contribution >= 0.6 is 11.8 Å². The fourth-order valence-electron chi connectivity index (χ4n) is 1.18. The van der Waals surface area contributed by atoms with Crippen LogP contribution in [0.1, 0.15) is 19.8 Å². The lowest BCUT2D eigenvalue weighted by atomic mass is 9.85. The van der Waals surface area contributed by atoms with Crippen molar-refractivity contribution in [3.8, 4) is 0 Å². The van der Waals surface area contributed by atoms with Crippen LogP contribution < -0.4 is 0 Å². The molecule has 0 heterocycles. The topological polar surface area (TPSA) is 63.0 Å². The summed E-state index contributed by atoms with van der Waals surface area (Å²) in [5.74, 6) is 0.768. The van der Waals surface area contributed by atoms with Gasteiger partial charge < -0.3 is 11.0 Å². The maximum absolute atomic E-state index is 11.9. The van der Waals surface area contributed by atoms with Gasteiger partial charge in [0.1, 0.15) is 0 Å². The summed E-state index contributed by atoms with van der Waals surface area (Å²) in [4.78, 5) is 0. The predicted octanol–water partition coefficient (Wildman–Crippen LogP) is 1.13. The van der Waals surface area contributed by atoms with E-state index in [0.717, 1.165) is 18.6 Å². The fourth-order valence-corrected chi connectivity index (χ4v) is 2.42. The second-order valence-corrected chi connectivity index (χ2v) is 4.22. The van der Waals surface area contributed by atoms with Gasteiger partial charge in [0.25, 0.3) is 0 Å². The maximum Gasteiger partial charge on any atom is 0.241 e. The SMILES string of the molecule is CCSC1CC(C(F)F)C1.O.O. The number of hydrogen-bond donors (Lipinski definition) is 0. The van der Waals surface area contributed by atoms with Crippen molar-refractivity contribution in [2.45, 2.75) is 31.4 Å². The van der Waals surface area contributed by atoms with Gasteiger partial charge in [-0.05, 0) is 18.6 Å². The molecule has 76 valence electrons. The average molecular weight is 202 g/mol. The Labute approximate surface area is 75.3 Å². The summed E-state index contributed by atoms with van der Waals surface area (Å²) in [6.07, 6.45) is -0.611. The van der Waals surface area contributed by atoms with E-state index in [1.807, 2.05) is 0 Å². The summed E-state index contributed by atoms with van der Waals surface area (Å²) in [6, 6.07) is 0. The molecule has 4 N–H and O–H groups in total. The molecule has 1 saturated carbocycles. The lowest BCUT2D eigenvalue weighted by molar-refractivity contribution is 0.0378. The smallest absolute Gasteiger partial charge is 0.241 e. The predicted molar refractivity (Wildman–Crippen MR) is 47.9 cm³/mol. The molecule has 1 rings (SSSR count). The molecule has 1 aliphatic rings. The molecule has 0 aromatic heterocycles. The van der Waals surface area contributed by atoms with Crippen LogP contribution in [0.4, 0.5) is 8.78 Å². The van der Waals surface area contributed by atoms with E-state index in [-0.39, 0.29) is 16.9 Å². The summed E-state index contributed by atoms with van der Waals surface area (Å²) in [5, 5.41) is 0.531. The largest absolute Gasteiger partial charge is 0.412 e. The summed E-state index contributed by atoms with van der Waals surface area (Å²) in [6.45, 7) is 2.07. The Kier molecular flexibility index (Phi) is 8.08. The van der Waals surface area contributed by atoms with Crippen LogP contribution in [0.3, 0.4) is 0 Å². The highest BCUT2D eigenvalue weighted by molar-refractivity contribution is 7.99. The molecule has 5 heteroatoms. The fraction of sp³-hybridized carbons (Fsp3) is 1.00. The molecule has 0 aliphatic heterocycles. The van der Waals surface area contributed by atoms with Gasteiger partial charge in [-0.2, -0.15) is 11.8 Å². The molecular formula is C7H16F2O2S. The number of halogens is 2. The van der Waals surface area contributed by atoms with Crippen LogP contribution in [0.25, 0.3) is 0 Å². The number of thioether (sulfide) groups is 1. The van der Waals surface area contributed by atoms with Gasteiger partial charge in [0.05, 0.1) is 0 Å². The first-order valence-electron chi connectivity index (χ1n) is 3.63. The lowest BCUT2D eigenvalue weighted by Gasteiger charge is -2.33. The van der Waals surface area contributed by atoms with Crippen LogP contribution in [0.5, 0.6) is 0 Å². The Hall–Kier alpha value is 0.130. The third kappa shape index (κ3) is 3.69. The molecule has 0 amide bonds. The molecule has 2 nitrogen and oxygen atoms in total. The van der Waals surface area contributed by atoms with Gasteiger partial charge in [-0.15, -0.1) is 0 Å². The molecule has 0 unspecified atom stereocenters. The van der Waals surface area contributed by atoms with Crippen LogP contribution in [-0.2, 0) is 0 Å². The van der Waals surface area contributed by atoms with Gasteiger partial charge in [0.2, 0.25) is 6.43 Å². The monoisotopic (exact) mass is 202 g/mol. The third-order valence-corrected chi connectivity index (χ3v) is 3.08. The number of alkyl halides is 2. The van der Waals surface area contributed by atoms with Crippen molar-refractivity contribution < 1.29 is 19.7 Å². The second-order valence-electron chi connectivity index (χ2n) is 2.64. The Morgan fingerprint density at radius 2 is 1.83 bits per heavy atom. The lowest BCUT2D eigenvalue weighted by Crippen LogP contribution is -2.31. The number of rotatable bonds is 3. The van der Waals surface area contributed by atoms with E-state index in [0.29, 0.717) is 5.25 Å². The molecule has 1 aliphatic carbocycles. The Morgan fingerprint density at radius 1 is 1.33 bits per heavy atom. The van der Waals surface area contributed by atoms with Gasteiger partial charge in [-0.1, -0.05) is 6.92 Å². The zero-order valence-electron chi connectivity index (χ0n) is 7.02. The van der Waals surface area contributed by atoms with Crippen molar-refractivity contribution in [1.29, 1.82) is 0 Å². The van der Waals surface area contributed by atoms with E-state index in [9.17, 15) is 8.78 Å². The van der Waals surface area contributed by atoms with Crippen molar-refractivity contribution in [2.24, 2.45) is 5.92 Å². The van der Waals surface area contributed by atoms with E-state index in [2.05, 4.69) is 6.92 Å². The first-order chi connectivity index (χ1) is 4.74. The average Bonchev–Trinajstić information content (AvgIpc) is 1.76. The van der Waals surface area contributed by atoms with Crippen molar-refractivity contribution in [3.63, 3.8) is 0 Å². The highest BCUT2D eigenvalue weighted by atomic mass is 32.2. The molecule has 0 saturated heterocycles. The zero-order valence-corrected chi connectivity index (χ0v) is 7.83. The summed E-state index contributed by atoms with van der Waals surface area (Å²) in [5.41, 5.74) is 0. The van der Waals surface area contributed by atoms with Gasteiger partial charge in [-0.3, -0.25) is 0 Å². The highest BCUT2D eigenvalue weighted by Crippen LogP contribution is 2.39. The van der Waals surface area contributed by atoms with Crippen molar-refractivity contribution in [1.82, 2.24) is 0 Å². The van der Waals surface area contributed by atoms with Crippen LogP contribution in [0.15, 0.2) is 0 Å². The summed E-state index contributed by atoms with van der Waals surface area (Å²) < 4.78 is 23.8. The standard InChI is InChI=1S/C7H12F2S.2H2O/c1-2-10-6-3-5(4-6)7(8)9;;/h5-7H,2-4H2,1H3;2*1H2. The minimum Gasteiger partial charge on any atom is -0.412 e. The van der Waals surface area contributed by atoms with E-state index < -0.39 is 6.43 Å². The third-order valence-electron chi connectivity index (χ3n) is 1.89. The zero-order chi connectivity index (χ0) is 7.56. The van der Waals surface area contributed by atoms with E-state index >= 15 is 0 Å². The molecule has 0 spiro atoms. The molecule has 0 atom stereocenters. The molecule has 0 aromatic carbocycles. The van der Waals surface area contributed by atoms with Crippen molar-refractivity contribution in [3.05, 3.63) is 0 Å². The van der Waals surface area contributed by atoms with Gasteiger partial charge >= 0.3 is 0 Å². The quantitative estimate of drug-likeness (QED) is 0.676. The van der Waals surface area contributed by atoms with Crippen molar-refractivity contribution >= 4 is 11.8 Å². The molecule has 0 radical (unpaired) electrons. The van der Waals surface area contributed by atoms with Crippen molar-refractivity contribution in [2.75, 3.05) is 5.75 Å². The van der Waals surface area contributed by atoms with E-state index in [1.165, 1.54) is 0 Å². The van der Waals surface area contributed by atoms with Crippen LogP contribution in [-0.4, -0.2) is 28.4 Å². The highest BCUT2D eigenvalue weighted by Gasteiger charge is 2.35. The summed E-state index contributed by atoms with van der Waals surface area (Å²) in [7, 11) is 0. The van der Waals surface area contributed by atoms with Crippen LogP contribution in [0.2, 0.25) is 0 Å². The van der Waals surface area contributed by atoms with Gasteiger partial charge in [0.15, 0.2) is 0 Å². The van der Waals surface area contributed by atoms with Gasteiger partial charge in [-0.25, -0.2) is 8.78 Å². The first kappa shape index (κ1) is 14.6. The Morgan fingerprint density at radius 3 is 2.17 bits per heavy atom. The van der Waals surface area contributed by atoms with Crippen LogP contribution in [0, 0.1) is 5.92 Å². The summed E-state index contributed by atoms with van der Waals surface area (Å²) >= 11 is 1.81. The number of hydrogen-bond acceptors (Lipinski definition) is 1. The molecule has 0 aromatic rings. The molecule has 1 fully saturated rings. The minimum atomic E-state index is -2.08.